The highest BCUT2D eigenvalue weighted by atomic mass is 16.5. The molecule has 0 fully saturated rings. The van der Waals surface area contributed by atoms with E-state index in [9.17, 15) is 0 Å². The standard InChI is InChI=1S/C16H23N3O2/c1-13-15(10-17-8-9-20-2)11-18-19(13)12-14-6-4-5-7-16(14)21-3/h4-7,11,17H,8-10,12H2,1-3H3. The van der Waals surface area contributed by atoms with Crippen molar-refractivity contribution < 1.29 is 9.47 Å². The number of para-hydroxylation sites is 1. The summed E-state index contributed by atoms with van der Waals surface area (Å²) in [6.07, 6.45) is 1.92. The predicted octanol–water partition coefficient (Wildman–Crippen LogP) is 1.98. The van der Waals surface area contributed by atoms with E-state index in [2.05, 4.69) is 23.4 Å². The van der Waals surface area contributed by atoms with Crippen LogP contribution in [0.1, 0.15) is 16.8 Å². The van der Waals surface area contributed by atoms with Crippen molar-refractivity contribution in [1.29, 1.82) is 0 Å². The SMILES string of the molecule is COCCNCc1cnn(Cc2ccccc2OC)c1C. The van der Waals surface area contributed by atoms with Gasteiger partial charge < -0.3 is 14.8 Å². The third kappa shape index (κ3) is 4.06. The molecule has 1 heterocycles. The van der Waals surface area contributed by atoms with Gasteiger partial charge in [0.05, 0.1) is 26.5 Å². The Bertz CT molecular complexity index is 566. The summed E-state index contributed by atoms with van der Waals surface area (Å²) in [6, 6.07) is 8.03. The van der Waals surface area contributed by atoms with Gasteiger partial charge in [-0.3, -0.25) is 4.68 Å². The minimum Gasteiger partial charge on any atom is -0.496 e. The Morgan fingerprint density at radius 1 is 1.19 bits per heavy atom. The van der Waals surface area contributed by atoms with Crippen LogP contribution in [0.25, 0.3) is 0 Å². The molecule has 0 aliphatic rings. The molecule has 0 atom stereocenters. The number of hydrogen-bond acceptors (Lipinski definition) is 4. The van der Waals surface area contributed by atoms with Gasteiger partial charge in [-0.15, -0.1) is 0 Å². The third-order valence-electron chi connectivity index (χ3n) is 3.52. The fourth-order valence-electron chi connectivity index (χ4n) is 2.21. The van der Waals surface area contributed by atoms with Gasteiger partial charge in [-0.2, -0.15) is 5.10 Å². The number of hydrogen-bond donors (Lipinski definition) is 1. The minimum absolute atomic E-state index is 0.716. The van der Waals surface area contributed by atoms with Crippen molar-refractivity contribution in [3.05, 3.63) is 47.3 Å². The van der Waals surface area contributed by atoms with Crippen LogP contribution in [-0.4, -0.2) is 37.2 Å². The Kier molecular flexibility index (Phi) is 5.78. The van der Waals surface area contributed by atoms with Gasteiger partial charge in [0.2, 0.25) is 0 Å². The quantitative estimate of drug-likeness (QED) is 0.755. The molecule has 0 radical (unpaired) electrons. The first-order valence-electron chi connectivity index (χ1n) is 7.09. The molecule has 0 saturated heterocycles. The summed E-state index contributed by atoms with van der Waals surface area (Å²) in [5, 5.41) is 7.82. The summed E-state index contributed by atoms with van der Waals surface area (Å²) in [5.74, 6) is 0.896. The highest BCUT2D eigenvalue weighted by Crippen LogP contribution is 2.19. The van der Waals surface area contributed by atoms with E-state index >= 15 is 0 Å². The summed E-state index contributed by atoms with van der Waals surface area (Å²) < 4.78 is 12.4. The lowest BCUT2D eigenvalue weighted by molar-refractivity contribution is 0.199. The number of aromatic nitrogens is 2. The first kappa shape index (κ1) is 15.5. The second-order valence-corrected chi connectivity index (χ2v) is 4.89. The Morgan fingerprint density at radius 2 is 2.00 bits per heavy atom. The maximum Gasteiger partial charge on any atom is 0.123 e. The lowest BCUT2D eigenvalue weighted by Crippen LogP contribution is -2.19. The average Bonchev–Trinajstić information content (AvgIpc) is 2.85. The van der Waals surface area contributed by atoms with Crippen LogP contribution in [0.5, 0.6) is 5.75 Å². The second-order valence-electron chi connectivity index (χ2n) is 4.89. The van der Waals surface area contributed by atoms with Crippen molar-refractivity contribution in [2.45, 2.75) is 20.0 Å². The third-order valence-corrected chi connectivity index (χ3v) is 3.52. The molecule has 21 heavy (non-hydrogen) atoms. The summed E-state index contributed by atoms with van der Waals surface area (Å²) in [6.45, 7) is 5.17. The normalized spacial score (nSPS) is 10.8. The van der Waals surface area contributed by atoms with Gasteiger partial charge in [0.25, 0.3) is 0 Å². The Morgan fingerprint density at radius 3 is 2.76 bits per heavy atom. The predicted molar refractivity (Wildman–Crippen MR) is 82.6 cm³/mol. The number of rotatable bonds is 8. The summed E-state index contributed by atoms with van der Waals surface area (Å²) in [4.78, 5) is 0. The number of nitrogens with one attached hydrogen (secondary N) is 1. The van der Waals surface area contributed by atoms with Gasteiger partial charge in [-0.1, -0.05) is 18.2 Å². The van der Waals surface area contributed by atoms with Gasteiger partial charge >= 0.3 is 0 Å². The van der Waals surface area contributed by atoms with E-state index in [1.807, 2.05) is 29.1 Å². The number of nitrogens with zero attached hydrogens (tertiary/aromatic N) is 2. The molecule has 2 rings (SSSR count). The molecule has 1 N–H and O–H groups in total. The van der Waals surface area contributed by atoms with Crippen molar-refractivity contribution in [1.82, 2.24) is 15.1 Å². The van der Waals surface area contributed by atoms with Crippen molar-refractivity contribution in [3.63, 3.8) is 0 Å². The number of methoxy groups -OCH3 is 2. The molecular formula is C16H23N3O2. The van der Waals surface area contributed by atoms with Crippen LogP contribution in [0.2, 0.25) is 0 Å². The van der Waals surface area contributed by atoms with E-state index in [0.717, 1.165) is 24.4 Å². The monoisotopic (exact) mass is 289 g/mol. The number of ether oxygens (including phenoxy) is 2. The molecular weight excluding hydrogens is 266 g/mol. The van der Waals surface area contributed by atoms with Crippen molar-refractivity contribution in [2.24, 2.45) is 0 Å². The maximum atomic E-state index is 5.39. The minimum atomic E-state index is 0.716. The van der Waals surface area contributed by atoms with Crippen molar-refractivity contribution in [2.75, 3.05) is 27.4 Å². The zero-order chi connectivity index (χ0) is 15.1. The van der Waals surface area contributed by atoms with Crippen LogP contribution in [0, 0.1) is 6.92 Å². The van der Waals surface area contributed by atoms with Gasteiger partial charge in [0.1, 0.15) is 5.75 Å². The molecule has 1 aromatic heterocycles. The molecule has 0 bridgehead atoms. The van der Waals surface area contributed by atoms with Gasteiger partial charge in [0.15, 0.2) is 0 Å². The van der Waals surface area contributed by atoms with Crippen molar-refractivity contribution in [3.8, 4) is 5.75 Å². The smallest absolute Gasteiger partial charge is 0.123 e. The van der Waals surface area contributed by atoms with Crippen LogP contribution in [0.4, 0.5) is 0 Å². The molecule has 0 spiro atoms. The largest absolute Gasteiger partial charge is 0.496 e. The van der Waals surface area contributed by atoms with Crippen LogP contribution in [-0.2, 0) is 17.8 Å². The molecule has 1 aromatic carbocycles. The van der Waals surface area contributed by atoms with Crippen LogP contribution >= 0.6 is 0 Å². The van der Waals surface area contributed by atoms with Crippen LogP contribution < -0.4 is 10.1 Å². The first-order chi connectivity index (χ1) is 10.3. The Labute approximate surface area is 125 Å². The van der Waals surface area contributed by atoms with E-state index < -0.39 is 0 Å². The maximum absolute atomic E-state index is 5.39. The van der Waals surface area contributed by atoms with Gasteiger partial charge in [-0.25, -0.2) is 0 Å². The molecule has 0 aliphatic carbocycles. The molecule has 5 nitrogen and oxygen atoms in total. The average molecular weight is 289 g/mol. The van der Waals surface area contributed by atoms with E-state index in [1.165, 1.54) is 11.3 Å². The van der Waals surface area contributed by atoms with Gasteiger partial charge in [-0.05, 0) is 13.0 Å². The molecule has 5 heteroatoms. The lowest BCUT2D eigenvalue weighted by atomic mass is 10.2. The highest BCUT2D eigenvalue weighted by Gasteiger charge is 2.09. The fraction of sp³-hybridized carbons (Fsp3) is 0.438. The fourth-order valence-corrected chi connectivity index (χ4v) is 2.21. The molecule has 2 aromatic rings. The molecule has 0 saturated carbocycles. The van der Waals surface area contributed by atoms with E-state index in [-0.39, 0.29) is 0 Å². The molecule has 0 amide bonds. The van der Waals surface area contributed by atoms with Crippen LogP contribution in [0.3, 0.4) is 0 Å². The van der Waals surface area contributed by atoms with E-state index in [0.29, 0.717) is 13.2 Å². The van der Waals surface area contributed by atoms with E-state index in [4.69, 9.17) is 9.47 Å². The summed E-state index contributed by atoms with van der Waals surface area (Å²) in [5.41, 5.74) is 3.51. The topological polar surface area (TPSA) is 48.3 Å². The Hall–Kier alpha value is -1.85. The van der Waals surface area contributed by atoms with Crippen molar-refractivity contribution >= 4 is 0 Å². The highest BCUT2D eigenvalue weighted by molar-refractivity contribution is 5.33. The summed E-state index contributed by atoms with van der Waals surface area (Å²) in [7, 11) is 3.40. The van der Waals surface area contributed by atoms with Crippen LogP contribution in [0.15, 0.2) is 30.5 Å². The summed E-state index contributed by atoms with van der Waals surface area (Å²) >= 11 is 0. The Balaban J connectivity index is 2.03. The number of benzene rings is 1. The second kappa shape index (κ2) is 7.81. The molecule has 114 valence electrons. The lowest BCUT2D eigenvalue weighted by Gasteiger charge is -2.10. The zero-order valence-electron chi connectivity index (χ0n) is 12.9. The van der Waals surface area contributed by atoms with Gasteiger partial charge in [0, 0.05) is 37.0 Å². The first-order valence-corrected chi connectivity index (χ1v) is 7.09. The molecule has 0 unspecified atom stereocenters. The zero-order valence-corrected chi connectivity index (χ0v) is 12.9. The van der Waals surface area contributed by atoms with E-state index in [1.54, 1.807) is 14.2 Å². The molecule has 0 aliphatic heterocycles.